The summed E-state index contributed by atoms with van der Waals surface area (Å²) in [5, 5.41) is 5.98. The first-order valence-electron chi connectivity index (χ1n) is 8.19. The van der Waals surface area contributed by atoms with Crippen LogP contribution < -0.4 is 10.2 Å². The SMILES string of the molecule is CCNCc1cc2ccccc2c(N2CCCC2CC)n1. The third-order valence-corrected chi connectivity index (χ3v) is 4.45. The molecule has 0 bridgehead atoms. The lowest BCUT2D eigenvalue weighted by Crippen LogP contribution is -2.30. The second-order valence-electron chi connectivity index (χ2n) is 5.84. The highest BCUT2D eigenvalue weighted by molar-refractivity contribution is 5.92. The Hall–Kier alpha value is -1.61. The molecule has 0 radical (unpaired) electrons. The largest absolute Gasteiger partial charge is 0.353 e. The lowest BCUT2D eigenvalue weighted by Gasteiger charge is -2.26. The van der Waals surface area contributed by atoms with Gasteiger partial charge >= 0.3 is 0 Å². The first-order chi connectivity index (χ1) is 10.3. The molecule has 1 aromatic carbocycles. The fraction of sp³-hybridized carbons (Fsp3) is 0.500. The summed E-state index contributed by atoms with van der Waals surface area (Å²) in [7, 11) is 0. The highest BCUT2D eigenvalue weighted by Crippen LogP contribution is 2.32. The number of aromatic nitrogens is 1. The van der Waals surface area contributed by atoms with Gasteiger partial charge in [-0.2, -0.15) is 0 Å². The minimum absolute atomic E-state index is 0.648. The molecule has 1 saturated heterocycles. The molecule has 2 heterocycles. The minimum Gasteiger partial charge on any atom is -0.353 e. The summed E-state index contributed by atoms with van der Waals surface area (Å²) in [5.41, 5.74) is 1.15. The Morgan fingerprint density at radius 3 is 2.95 bits per heavy atom. The van der Waals surface area contributed by atoms with Crippen LogP contribution in [0.1, 0.15) is 38.8 Å². The summed E-state index contributed by atoms with van der Waals surface area (Å²) >= 11 is 0. The fourth-order valence-corrected chi connectivity index (χ4v) is 3.34. The normalized spacial score (nSPS) is 18.6. The quantitative estimate of drug-likeness (QED) is 0.906. The molecule has 1 N–H and O–H groups in total. The summed E-state index contributed by atoms with van der Waals surface area (Å²) in [4.78, 5) is 7.51. The van der Waals surface area contributed by atoms with E-state index in [2.05, 4.69) is 54.4 Å². The van der Waals surface area contributed by atoms with E-state index in [4.69, 9.17) is 4.98 Å². The van der Waals surface area contributed by atoms with Crippen molar-refractivity contribution in [2.75, 3.05) is 18.0 Å². The van der Waals surface area contributed by atoms with E-state index in [-0.39, 0.29) is 0 Å². The van der Waals surface area contributed by atoms with Gasteiger partial charge in [-0.05, 0) is 37.3 Å². The predicted molar refractivity (Wildman–Crippen MR) is 89.8 cm³/mol. The van der Waals surface area contributed by atoms with Crippen LogP contribution in [-0.2, 0) is 6.54 Å². The van der Waals surface area contributed by atoms with E-state index in [1.54, 1.807) is 0 Å². The third-order valence-electron chi connectivity index (χ3n) is 4.45. The van der Waals surface area contributed by atoms with Crippen molar-refractivity contribution in [1.82, 2.24) is 10.3 Å². The summed E-state index contributed by atoms with van der Waals surface area (Å²) in [6, 6.07) is 11.5. The lowest BCUT2D eigenvalue weighted by atomic mass is 10.1. The van der Waals surface area contributed by atoms with Gasteiger partial charge in [0.05, 0.1) is 5.69 Å². The van der Waals surface area contributed by atoms with Gasteiger partial charge in [0, 0.05) is 24.5 Å². The monoisotopic (exact) mass is 283 g/mol. The van der Waals surface area contributed by atoms with E-state index in [1.165, 1.54) is 35.9 Å². The van der Waals surface area contributed by atoms with Crippen LogP contribution in [0, 0.1) is 0 Å². The number of benzene rings is 1. The Kier molecular flexibility index (Phi) is 4.39. The number of nitrogens with one attached hydrogen (secondary N) is 1. The van der Waals surface area contributed by atoms with Crippen molar-refractivity contribution >= 4 is 16.6 Å². The van der Waals surface area contributed by atoms with Gasteiger partial charge in [-0.3, -0.25) is 0 Å². The van der Waals surface area contributed by atoms with E-state index in [9.17, 15) is 0 Å². The van der Waals surface area contributed by atoms with E-state index in [1.807, 2.05) is 0 Å². The molecule has 3 heteroatoms. The lowest BCUT2D eigenvalue weighted by molar-refractivity contribution is 0.639. The van der Waals surface area contributed by atoms with Crippen LogP contribution in [0.2, 0.25) is 0 Å². The van der Waals surface area contributed by atoms with Crippen molar-refractivity contribution in [1.29, 1.82) is 0 Å². The molecular weight excluding hydrogens is 258 g/mol. The van der Waals surface area contributed by atoms with Gasteiger partial charge in [-0.25, -0.2) is 4.98 Å². The zero-order valence-corrected chi connectivity index (χ0v) is 13.1. The number of hydrogen-bond donors (Lipinski definition) is 1. The Morgan fingerprint density at radius 2 is 2.14 bits per heavy atom. The van der Waals surface area contributed by atoms with E-state index >= 15 is 0 Å². The second kappa shape index (κ2) is 6.44. The Labute approximate surface area is 127 Å². The first kappa shape index (κ1) is 14.3. The molecule has 1 unspecified atom stereocenters. The molecule has 1 fully saturated rings. The van der Waals surface area contributed by atoms with Gasteiger partial charge in [-0.1, -0.05) is 38.1 Å². The second-order valence-corrected chi connectivity index (χ2v) is 5.84. The van der Waals surface area contributed by atoms with Crippen LogP contribution in [-0.4, -0.2) is 24.1 Å². The summed E-state index contributed by atoms with van der Waals surface area (Å²) in [6.45, 7) is 7.38. The van der Waals surface area contributed by atoms with Gasteiger partial charge in [0.1, 0.15) is 5.82 Å². The molecule has 1 atom stereocenters. The zero-order chi connectivity index (χ0) is 14.7. The van der Waals surface area contributed by atoms with Crippen LogP contribution in [0.3, 0.4) is 0 Å². The van der Waals surface area contributed by atoms with Crippen molar-refractivity contribution in [2.24, 2.45) is 0 Å². The van der Waals surface area contributed by atoms with E-state index < -0.39 is 0 Å². The Morgan fingerprint density at radius 1 is 1.29 bits per heavy atom. The molecular formula is C18H25N3. The fourth-order valence-electron chi connectivity index (χ4n) is 3.34. The maximum Gasteiger partial charge on any atom is 0.137 e. The van der Waals surface area contributed by atoms with Crippen molar-refractivity contribution in [3.05, 3.63) is 36.0 Å². The van der Waals surface area contributed by atoms with Crippen molar-refractivity contribution in [3.8, 4) is 0 Å². The molecule has 1 aromatic heterocycles. The van der Waals surface area contributed by atoms with E-state index in [0.717, 1.165) is 25.3 Å². The molecule has 2 aromatic rings. The number of rotatable bonds is 5. The van der Waals surface area contributed by atoms with Crippen LogP contribution in [0.5, 0.6) is 0 Å². The molecule has 1 aliphatic heterocycles. The summed E-state index contributed by atoms with van der Waals surface area (Å²) in [5.74, 6) is 1.19. The van der Waals surface area contributed by atoms with Crippen LogP contribution in [0.15, 0.2) is 30.3 Å². The number of pyridine rings is 1. The maximum absolute atomic E-state index is 4.98. The summed E-state index contributed by atoms with van der Waals surface area (Å²) in [6.07, 6.45) is 3.78. The first-order valence-corrected chi connectivity index (χ1v) is 8.19. The summed E-state index contributed by atoms with van der Waals surface area (Å²) < 4.78 is 0. The molecule has 1 aliphatic rings. The number of hydrogen-bond acceptors (Lipinski definition) is 3. The standard InChI is InChI=1S/C18H25N3/c1-3-16-9-7-11-21(16)18-17-10-6-5-8-14(17)12-15(20-18)13-19-4-2/h5-6,8,10,12,16,19H,3-4,7,9,11,13H2,1-2H3. The number of anilines is 1. The molecule has 3 nitrogen and oxygen atoms in total. The zero-order valence-electron chi connectivity index (χ0n) is 13.1. The average molecular weight is 283 g/mol. The predicted octanol–water partition coefficient (Wildman–Crippen LogP) is 3.72. The number of nitrogens with zero attached hydrogens (tertiary/aromatic N) is 2. The van der Waals surface area contributed by atoms with Crippen molar-refractivity contribution in [3.63, 3.8) is 0 Å². The van der Waals surface area contributed by atoms with Crippen molar-refractivity contribution in [2.45, 2.75) is 45.7 Å². The van der Waals surface area contributed by atoms with Crippen molar-refractivity contribution < 1.29 is 0 Å². The molecule has 21 heavy (non-hydrogen) atoms. The molecule has 0 spiro atoms. The molecule has 112 valence electrons. The van der Waals surface area contributed by atoms with Gasteiger partial charge in [0.2, 0.25) is 0 Å². The van der Waals surface area contributed by atoms with Gasteiger partial charge in [-0.15, -0.1) is 0 Å². The third kappa shape index (κ3) is 2.88. The molecule has 3 rings (SSSR count). The minimum atomic E-state index is 0.648. The topological polar surface area (TPSA) is 28.2 Å². The molecule has 0 aliphatic carbocycles. The molecule has 0 saturated carbocycles. The molecule has 0 amide bonds. The van der Waals surface area contributed by atoms with Crippen LogP contribution in [0.4, 0.5) is 5.82 Å². The number of fused-ring (bicyclic) bond motifs is 1. The van der Waals surface area contributed by atoms with Gasteiger partial charge in [0.25, 0.3) is 0 Å². The Balaban J connectivity index is 2.05. The van der Waals surface area contributed by atoms with E-state index in [0.29, 0.717) is 6.04 Å². The van der Waals surface area contributed by atoms with Crippen LogP contribution >= 0.6 is 0 Å². The average Bonchev–Trinajstić information content (AvgIpc) is 3.00. The maximum atomic E-state index is 4.98. The smallest absolute Gasteiger partial charge is 0.137 e. The van der Waals surface area contributed by atoms with Gasteiger partial charge < -0.3 is 10.2 Å². The highest BCUT2D eigenvalue weighted by atomic mass is 15.2. The highest BCUT2D eigenvalue weighted by Gasteiger charge is 2.25. The Bertz CT molecular complexity index is 608. The van der Waals surface area contributed by atoms with Gasteiger partial charge in [0.15, 0.2) is 0 Å². The van der Waals surface area contributed by atoms with Crippen LogP contribution in [0.25, 0.3) is 10.8 Å².